The minimum absolute atomic E-state index is 0.481. The molecule has 0 spiro atoms. The molecule has 0 amide bonds. The zero-order valence-corrected chi connectivity index (χ0v) is 5.94. The smallest absolute Gasteiger partial charge is 0.0220 e. The van der Waals surface area contributed by atoms with Crippen LogP contribution < -0.4 is 0 Å². The van der Waals surface area contributed by atoms with Gasteiger partial charge in [-0.3, -0.25) is 0 Å². The Kier molecular flexibility index (Phi) is 3.35. The van der Waals surface area contributed by atoms with Crippen LogP contribution in [-0.2, 0) is 0 Å². The van der Waals surface area contributed by atoms with Gasteiger partial charge in [0, 0.05) is 5.92 Å². The molecule has 0 heterocycles. The van der Waals surface area contributed by atoms with E-state index in [0.717, 1.165) is 6.42 Å². The van der Waals surface area contributed by atoms with Crippen LogP contribution in [0.15, 0.2) is 0 Å². The van der Waals surface area contributed by atoms with Crippen molar-refractivity contribution >= 4 is 0 Å². The molecule has 0 fully saturated rings. The van der Waals surface area contributed by atoms with Gasteiger partial charge in [-0.1, -0.05) is 20.8 Å². The molecular weight excluding hydrogens is 96.1 g/mol. The van der Waals surface area contributed by atoms with E-state index < -0.39 is 0 Å². The monoisotopic (exact) mass is 110 g/mol. The maximum atomic E-state index is 5.23. The Hall–Kier alpha value is -0.440. The first-order valence-electron chi connectivity index (χ1n) is 3.18. The highest BCUT2D eigenvalue weighted by molar-refractivity contribution is 4.93. The summed E-state index contributed by atoms with van der Waals surface area (Å²) in [5.74, 6) is 3.88. The molecule has 0 heteroatoms. The van der Waals surface area contributed by atoms with Gasteiger partial charge in [-0.25, -0.2) is 0 Å². The first kappa shape index (κ1) is 7.56. The molecular formula is C8H14. The molecule has 0 aromatic rings. The summed E-state index contributed by atoms with van der Waals surface area (Å²) in [6.07, 6.45) is 6.34. The van der Waals surface area contributed by atoms with E-state index >= 15 is 0 Å². The lowest BCUT2D eigenvalue weighted by atomic mass is 9.95. The van der Waals surface area contributed by atoms with E-state index in [1.54, 1.807) is 0 Å². The van der Waals surface area contributed by atoms with E-state index in [9.17, 15) is 0 Å². The van der Waals surface area contributed by atoms with Crippen molar-refractivity contribution in [2.75, 3.05) is 0 Å². The SMILES string of the molecule is C#CC(CC)C(C)C. The fourth-order valence-corrected chi connectivity index (χ4v) is 0.782. The molecule has 8 heavy (non-hydrogen) atoms. The Morgan fingerprint density at radius 2 is 2.00 bits per heavy atom. The van der Waals surface area contributed by atoms with Gasteiger partial charge in [0.25, 0.3) is 0 Å². The Morgan fingerprint density at radius 1 is 1.50 bits per heavy atom. The lowest BCUT2D eigenvalue weighted by Crippen LogP contribution is -2.03. The third kappa shape index (κ3) is 2.02. The zero-order chi connectivity index (χ0) is 6.57. The molecule has 0 rings (SSSR count). The van der Waals surface area contributed by atoms with E-state index in [4.69, 9.17) is 6.42 Å². The average molecular weight is 110 g/mol. The molecule has 0 aromatic heterocycles. The van der Waals surface area contributed by atoms with Crippen molar-refractivity contribution in [3.05, 3.63) is 0 Å². The molecule has 0 aromatic carbocycles. The predicted octanol–water partition coefficient (Wildman–Crippen LogP) is 2.30. The minimum Gasteiger partial charge on any atom is -0.120 e. The van der Waals surface area contributed by atoms with E-state index in [2.05, 4.69) is 26.7 Å². The normalized spacial score (nSPS) is 13.4. The van der Waals surface area contributed by atoms with Crippen molar-refractivity contribution in [1.29, 1.82) is 0 Å². The van der Waals surface area contributed by atoms with Crippen molar-refractivity contribution < 1.29 is 0 Å². The zero-order valence-electron chi connectivity index (χ0n) is 5.94. The minimum atomic E-state index is 0.481. The number of terminal acetylenes is 1. The molecule has 1 atom stereocenters. The van der Waals surface area contributed by atoms with Gasteiger partial charge in [0.05, 0.1) is 0 Å². The highest BCUT2D eigenvalue weighted by Crippen LogP contribution is 2.11. The summed E-state index contributed by atoms with van der Waals surface area (Å²) >= 11 is 0. The number of hydrogen-bond donors (Lipinski definition) is 0. The second-order valence-electron chi connectivity index (χ2n) is 2.43. The van der Waals surface area contributed by atoms with Crippen LogP contribution in [0.3, 0.4) is 0 Å². The van der Waals surface area contributed by atoms with Crippen molar-refractivity contribution in [2.24, 2.45) is 11.8 Å². The summed E-state index contributed by atoms with van der Waals surface area (Å²) in [5.41, 5.74) is 0. The van der Waals surface area contributed by atoms with Gasteiger partial charge in [-0.15, -0.1) is 12.3 Å². The first-order valence-corrected chi connectivity index (χ1v) is 3.18. The van der Waals surface area contributed by atoms with Crippen LogP contribution >= 0.6 is 0 Å². The van der Waals surface area contributed by atoms with Gasteiger partial charge in [0.2, 0.25) is 0 Å². The molecule has 0 radical (unpaired) electrons. The van der Waals surface area contributed by atoms with Crippen LogP contribution in [-0.4, -0.2) is 0 Å². The molecule has 0 nitrogen and oxygen atoms in total. The summed E-state index contributed by atoms with van der Waals surface area (Å²) < 4.78 is 0. The van der Waals surface area contributed by atoms with Crippen molar-refractivity contribution in [2.45, 2.75) is 27.2 Å². The second-order valence-corrected chi connectivity index (χ2v) is 2.43. The second kappa shape index (κ2) is 3.55. The molecule has 0 N–H and O–H groups in total. The van der Waals surface area contributed by atoms with Gasteiger partial charge < -0.3 is 0 Å². The largest absolute Gasteiger partial charge is 0.120 e. The van der Waals surface area contributed by atoms with Crippen molar-refractivity contribution in [1.82, 2.24) is 0 Å². The molecule has 0 saturated heterocycles. The van der Waals surface area contributed by atoms with Gasteiger partial charge in [0.1, 0.15) is 0 Å². The van der Waals surface area contributed by atoms with Gasteiger partial charge in [-0.05, 0) is 12.3 Å². The van der Waals surface area contributed by atoms with Crippen LogP contribution in [0.5, 0.6) is 0 Å². The highest BCUT2D eigenvalue weighted by Gasteiger charge is 2.04. The van der Waals surface area contributed by atoms with Crippen molar-refractivity contribution in [3.63, 3.8) is 0 Å². The average Bonchev–Trinajstić information content (AvgIpc) is 1.69. The molecule has 1 unspecified atom stereocenters. The molecule has 0 bridgehead atoms. The molecule has 0 saturated carbocycles. The summed E-state index contributed by atoms with van der Waals surface area (Å²) in [6.45, 7) is 6.45. The van der Waals surface area contributed by atoms with E-state index in [-0.39, 0.29) is 0 Å². The first-order chi connectivity index (χ1) is 3.72. The number of hydrogen-bond acceptors (Lipinski definition) is 0. The fourth-order valence-electron chi connectivity index (χ4n) is 0.782. The van der Waals surface area contributed by atoms with E-state index in [1.165, 1.54) is 0 Å². The van der Waals surface area contributed by atoms with Crippen LogP contribution in [0.1, 0.15) is 27.2 Å². The summed E-state index contributed by atoms with van der Waals surface area (Å²) in [4.78, 5) is 0. The Bertz CT molecular complexity index is 84.7. The predicted molar refractivity (Wildman–Crippen MR) is 37.5 cm³/mol. The lowest BCUT2D eigenvalue weighted by Gasteiger charge is -2.09. The molecule has 0 aliphatic heterocycles. The Morgan fingerprint density at radius 3 is 2.00 bits per heavy atom. The van der Waals surface area contributed by atoms with Crippen LogP contribution in [0.4, 0.5) is 0 Å². The molecule has 0 aliphatic carbocycles. The Labute approximate surface area is 52.3 Å². The topological polar surface area (TPSA) is 0 Å². The van der Waals surface area contributed by atoms with E-state index in [1.807, 2.05) is 0 Å². The third-order valence-corrected chi connectivity index (χ3v) is 1.46. The van der Waals surface area contributed by atoms with E-state index in [0.29, 0.717) is 11.8 Å². The third-order valence-electron chi connectivity index (χ3n) is 1.46. The maximum absolute atomic E-state index is 5.23. The van der Waals surface area contributed by atoms with Crippen LogP contribution in [0.25, 0.3) is 0 Å². The summed E-state index contributed by atoms with van der Waals surface area (Å²) in [5, 5.41) is 0. The quantitative estimate of drug-likeness (QED) is 0.478. The summed E-state index contributed by atoms with van der Waals surface area (Å²) in [6, 6.07) is 0. The highest BCUT2D eigenvalue weighted by atomic mass is 14.1. The van der Waals surface area contributed by atoms with Gasteiger partial charge in [-0.2, -0.15) is 0 Å². The summed E-state index contributed by atoms with van der Waals surface area (Å²) in [7, 11) is 0. The Balaban J connectivity index is 3.57. The van der Waals surface area contributed by atoms with Crippen LogP contribution in [0.2, 0.25) is 0 Å². The van der Waals surface area contributed by atoms with Crippen molar-refractivity contribution in [3.8, 4) is 12.3 Å². The fraction of sp³-hybridized carbons (Fsp3) is 0.750. The molecule has 0 aliphatic rings. The van der Waals surface area contributed by atoms with Crippen LogP contribution in [0, 0.1) is 24.2 Å². The maximum Gasteiger partial charge on any atom is 0.0220 e. The van der Waals surface area contributed by atoms with Gasteiger partial charge in [0.15, 0.2) is 0 Å². The standard InChI is InChI=1S/C8H14/c1-5-8(6-2)7(3)4/h1,7-8H,6H2,2-4H3. The van der Waals surface area contributed by atoms with Gasteiger partial charge >= 0.3 is 0 Å². The number of rotatable bonds is 2. The molecule has 46 valence electrons. The lowest BCUT2D eigenvalue weighted by molar-refractivity contribution is 0.468.